The molecule has 8 rings (SSSR count). The molecule has 1 atom stereocenters. The second-order valence-corrected chi connectivity index (χ2v) is 18.1. The van der Waals surface area contributed by atoms with Crippen LogP contribution in [0.3, 0.4) is 0 Å². The molecule has 0 spiro atoms. The van der Waals surface area contributed by atoms with Gasteiger partial charge in [0.1, 0.15) is 23.2 Å². The molecule has 0 saturated carbocycles. The van der Waals surface area contributed by atoms with Gasteiger partial charge < -0.3 is 15.5 Å². The minimum absolute atomic E-state index is 0.0592. The fraction of sp³-hybridized carbons (Fsp3) is 0.405. The standard InChI is InChI=1S/C42H46F3N11O6S/c1-52(63(2,61)62)37-27(4-3-15-46-37)23-47-36-33(42(43,44)45)24-48-41(51-36)49-28-6-8-29(9-7-28)54-16-13-30(14-17-54)55-20-18-53(19-21-55)25-26-5-10-31-32(22-26)40(60)56(39(31)59)34-11-12-35(57)50-38(34)58/h3-10,15,22,24,30,34H,11-14,16-21,23,25H2,1-2H3,(H,50,57,58)(H2,47,48,49,51). The van der Waals surface area contributed by atoms with Gasteiger partial charge in [-0.2, -0.15) is 18.2 Å². The molecule has 63 heavy (non-hydrogen) atoms. The molecule has 0 radical (unpaired) electrons. The number of amides is 4. The summed E-state index contributed by atoms with van der Waals surface area (Å²) in [5.74, 6) is -2.53. The molecule has 3 saturated heterocycles. The van der Waals surface area contributed by atoms with Gasteiger partial charge >= 0.3 is 6.18 Å². The van der Waals surface area contributed by atoms with Crippen LogP contribution in [-0.4, -0.2) is 126 Å². The number of carbonyl (C=O) groups is 4. The SMILES string of the molecule is CN(c1ncccc1CNc1nc(Nc2ccc(N3CCC(N4CCN(Cc5ccc6c(c5)C(=O)N(C5CCC(=O)NC5=O)C6=O)CC4)CC3)cc2)ncc1C(F)(F)F)S(C)(=O)=O. The van der Waals surface area contributed by atoms with Crippen LogP contribution in [0.25, 0.3) is 0 Å². The summed E-state index contributed by atoms with van der Waals surface area (Å²) in [6.07, 6.45) is 0.482. The zero-order valence-corrected chi connectivity index (χ0v) is 35.4. The number of halogens is 3. The first-order valence-corrected chi connectivity index (χ1v) is 22.4. The third-order valence-corrected chi connectivity index (χ3v) is 13.2. The van der Waals surface area contributed by atoms with E-state index < -0.39 is 57.3 Å². The van der Waals surface area contributed by atoms with Gasteiger partial charge in [-0.05, 0) is 67.3 Å². The summed E-state index contributed by atoms with van der Waals surface area (Å²) >= 11 is 0. The maximum absolute atomic E-state index is 14.0. The summed E-state index contributed by atoms with van der Waals surface area (Å²) < 4.78 is 67.1. The summed E-state index contributed by atoms with van der Waals surface area (Å²) in [7, 11) is -2.36. The Hall–Kier alpha value is -6.19. The summed E-state index contributed by atoms with van der Waals surface area (Å²) in [5, 5.41) is 7.91. The lowest BCUT2D eigenvalue weighted by atomic mass is 10.0. The van der Waals surface area contributed by atoms with E-state index in [-0.39, 0.29) is 42.3 Å². The largest absolute Gasteiger partial charge is 0.421 e. The molecular formula is C42H46F3N11O6S. The first-order chi connectivity index (χ1) is 30.0. The molecule has 4 aliphatic heterocycles. The maximum atomic E-state index is 14.0. The lowest BCUT2D eigenvalue weighted by molar-refractivity contribution is -0.138. The maximum Gasteiger partial charge on any atom is 0.421 e. The molecule has 17 nitrogen and oxygen atoms in total. The zero-order valence-electron chi connectivity index (χ0n) is 34.6. The van der Waals surface area contributed by atoms with Gasteiger partial charge in [0.25, 0.3) is 11.8 Å². The lowest BCUT2D eigenvalue weighted by Crippen LogP contribution is -2.54. The second kappa shape index (κ2) is 17.5. The number of hydrogen-bond donors (Lipinski definition) is 3. The van der Waals surface area contributed by atoms with Crippen molar-refractivity contribution < 1.29 is 40.8 Å². The van der Waals surface area contributed by atoms with Crippen molar-refractivity contribution in [1.29, 1.82) is 0 Å². The van der Waals surface area contributed by atoms with E-state index >= 15 is 0 Å². The Morgan fingerprint density at radius 3 is 2.29 bits per heavy atom. The van der Waals surface area contributed by atoms with Gasteiger partial charge in [-0.15, -0.1) is 0 Å². The first-order valence-electron chi connectivity index (χ1n) is 20.5. The Balaban J connectivity index is 0.820. The van der Waals surface area contributed by atoms with Crippen LogP contribution in [-0.2, 0) is 38.9 Å². The van der Waals surface area contributed by atoms with Crippen LogP contribution in [0.15, 0.2) is 67.0 Å². The summed E-state index contributed by atoms with van der Waals surface area (Å²) in [6, 6.07) is 15.3. The second-order valence-electron chi connectivity index (χ2n) is 16.1. The Labute approximate surface area is 361 Å². The van der Waals surface area contributed by atoms with Crippen LogP contribution >= 0.6 is 0 Å². The molecule has 332 valence electrons. The number of hydrogen-bond acceptors (Lipinski definition) is 14. The zero-order chi connectivity index (χ0) is 44.6. The normalized spacial score (nSPS) is 19.3. The van der Waals surface area contributed by atoms with Crippen LogP contribution in [0.2, 0.25) is 0 Å². The van der Waals surface area contributed by atoms with Crippen LogP contribution in [0.4, 0.5) is 42.1 Å². The smallest absolute Gasteiger partial charge is 0.371 e. The van der Waals surface area contributed by atoms with Crippen molar-refractivity contribution in [2.24, 2.45) is 0 Å². The van der Waals surface area contributed by atoms with Crippen LogP contribution < -0.4 is 25.2 Å². The fourth-order valence-electron chi connectivity index (χ4n) is 8.51. The Bertz CT molecular complexity index is 2530. The minimum Gasteiger partial charge on any atom is -0.371 e. The molecule has 21 heteroatoms. The first kappa shape index (κ1) is 43.5. The third-order valence-electron chi connectivity index (χ3n) is 12.0. The van der Waals surface area contributed by atoms with E-state index in [9.17, 15) is 40.8 Å². The Morgan fingerprint density at radius 1 is 0.889 bits per heavy atom. The van der Waals surface area contributed by atoms with Gasteiger partial charge in [-0.25, -0.2) is 18.4 Å². The molecule has 6 heterocycles. The van der Waals surface area contributed by atoms with E-state index in [0.717, 1.165) is 78.8 Å². The number of fused-ring (bicyclic) bond motifs is 1. The number of imide groups is 2. The number of alkyl halides is 3. The van der Waals surface area contributed by atoms with Crippen LogP contribution in [0.1, 0.15) is 63.1 Å². The number of nitrogens with one attached hydrogen (secondary N) is 3. The van der Waals surface area contributed by atoms with Gasteiger partial charge in [0.05, 0.1) is 17.4 Å². The van der Waals surface area contributed by atoms with Crippen molar-refractivity contribution in [3.8, 4) is 0 Å². The van der Waals surface area contributed by atoms with Gasteiger partial charge in [-0.1, -0.05) is 12.1 Å². The van der Waals surface area contributed by atoms with Gasteiger partial charge in [0.2, 0.25) is 27.8 Å². The molecule has 4 aliphatic rings. The van der Waals surface area contributed by atoms with E-state index in [1.54, 1.807) is 24.3 Å². The van der Waals surface area contributed by atoms with Gasteiger partial charge in [0, 0.05) is 101 Å². The Morgan fingerprint density at radius 2 is 1.60 bits per heavy atom. The molecule has 0 bridgehead atoms. The quantitative estimate of drug-likeness (QED) is 0.174. The molecule has 4 amide bonds. The van der Waals surface area contributed by atoms with Crippen molar-refractivity contribution in [3.05, 3.63) is 94.8 Å². The lowest BCUT2D eigenvalue weighted by Gasteiger charge is -2.43. The van der Waals surface area contributed by atoms with Crippen LogP contribution in [0.5, 0.6) is 0 Å². The Kier molecular flexibility index (Phi) is 12.1. The molecule has 0 aliphatic carbocycles. The van der Waals surface area contributed by atoms with Crippen molar-refractivity contribution in [3.63, 3.8) is 0 Å². The average Bonchev–Trinajstić information content (AvgIpc) is 3.50. The summed E-state index contributed by atoms with van der Waals surface area (Å²) in [6.45, 7) is 5.61. The highest BCUT2D eigenvalue weighted by molar-refractivity contribution is 7.92. The van der Waals surface area contributed by atoms with Crippen molar-refractivity contribution in [2.45, 2.75) is 57.0 Å². The predicted octanol–water partition coefficient (Wildman–Crippen LogP) is 3.83. The van der Waals surface area contributed by atoms with E-state index in [0.29, 0.717) is 30.0 Å². The molecule has 1 unspecified atom stereocenters. The third kappa shape index (κ3) is 9.44. The molecule has 2 aromatic carbocycles. The van der Waals surface area contributed by atoms with Gasteiger partial charge in [-0.3, -0.25) is 43.5 Å². The number of benzene rings is 2. The monoisotopic (exact) mass is 889 g/mol. The fourth-order valence-corrected chi connectivity index (χ4v) is 8.99. The molecule has 3 fully saturated rings. The van der Waals surface area contributed by atoms with Gasteiger partial charge in [0.15, 0.2) is 0 Å². The number of sulfonamides is 1. The topological polar surface area (TPSA) is 193 Å². The number of carbonyl (C=O) groups excluding carboxylic acids is 4. The van der Waals surface area contributed by atoms with E-state index in [1.165, 1.54) is 13.2 Å². The van der Waals surface area contributed by atoms with Crippen LogP contribution in [0, 0.1) is 0 Å². The predicted molar refractivity (Wildman–Crippen MR) is 227 cm³/mol. The number of anilines is 5. The number of nitrogens with zero attached hydrogens (tertiary/aromatic N) is 8. The number of pyridine rings is 1. The van der Waals surface area contributed by atoms with E-state index in [4.69, 9.17) is 0 Å². The van der Waals surface area contributed by atoms with Crippen molar-refractivity contribution >= 4 is 62.6 Å². The number of aromatic nitrogens is 3. The van der Waals surface area contributed by atoms with Crippen molar-refractivity contribution in [1.82, 2.24) is 35.0 Å². The number of piperazine rings is 1. The molecular weight excluding hydrogens is 844 g/mol. The molecule has 3 N–H and O–H groups in total. The summed E-state index contributed by atoms with van der Waals surface area (Å²) in [5.41, 5.74) is 2.33. The number of rotatable bonds is 12. The highest BCUT2D eigenvalue weighted by Gasteiger charge is 2.45. The van der Waals surface area contributed by atoms with E-state index in [2.05, 4.69) is 45.6 Å². The minimum atomic E-state index is -4.75. The van der Waals surface area contributed by atoms with E-state index in [1.807, 2.05) is 30.3 Å². The average molecular weight is 890 g/mol. The molecule has 2 aromatic heterocycles. The number of piperidine rings is 2. The van der Waals surface area contributed by atoms with Crippen molar-refractivity contribution in [2.75, 3.05) is 72.4 Å². The molecule has 4 aromatic rings. The highest BCUT2D eigenvalue weighted by Crippen LogP contribution is 2.35. The highest BCUT2D eigenvalue weighted by atomic mass is 32.2. The summed E-state index contributed by atoms with van der Waals surface area (Å²) in [4.78, 5) is 70.7.